The lowest BCUT2D eigenvalue weighted by atomic mass is 9.83. The van der Waals surface area contributed by atoms with E-state index < -0.39 is 0 Å². The minimum Gasteiger partial charge on any atom is -0.396 e. The fraction of sp³-hybridized carbons (Fsp3) is 0.667. The maximum Gasteiger partial charge on any atom is 0.147 e. The number of nitrogens with zero attached hydrogens (tertiary/aromatic N) is 1. The lowest BCUT2D eigenvalue weighted by Crippen LogP contribution is -2.32. The second-order valence-electron chi connectivity index (χ2n) is 5.29. The molecule has 1 heterocycles. The molecule has 0 saturated heterocycles. The van der Waals surface area contributed by atoms with Gasteiger partial charge in [-0.3, -0.25) is 0 Å². The summed E-state index contributed by atoms with van der Waals surface area (Å²) in [5.74, 6) is 1.23. The second kappa shape index (κ2) is 8.66. The van der Waals surface area contributed by atoms with Crippen molar-refractivity contribution in [3.8, 4) is 0 Å². The average molecular weight is 334 g/mol. The molecule has 0 amide bonds. The molecule has 0 atom stereocenters. The smallest absolute Gasteiger partial charge is 0.147 e. The zero-order valence-electron chi connectivity index (χ0n) is 13.0. The molecule has 0 spiro atoms. The molecule has 0 unspecified atom stereocenters. The minimum atomic E-state index is -0.151. The van der Waals surface area contributed by atoms with E-state index in [9.17, 15) is 5.11 Å². The van der Waals surface area contributed by atoms with Crippen LogP contribution in [0.3, 0.4) is 0 Å². The third-order valence-electron chi connectivity index (χ3n) is 3.94. The molecule has 1 aromatic heterocycles. The zero-order chi connectivity index (χ0) is 15.9. The van der Waals surface area contributed by atoms with E-state index in [0.717, 1.165) is 25.8 Å². The summed E-state index contributed by atoms with van der Waals surface area (Å²) in [6, 6.07) is 1.69. The van der Waals surface area contributed by atoms with Crippen LogP contribution < -0.4 is 10.6 Å². The van der Waals surface area contributed by atoms with Gasteiger partial charge < -0.3 is 15.7 Å². The van der Waals surface area contributed by atoms with Crippen molar-refractivity contribution in [3.63, 3.8) is 0 Å². The molecule has 0 saturated carbocycles. The number of pyridine rings is 1. The van der Waals surface area contributed by atoms with E-state index in [1.165, 1.54) is 0 Å². The molecule has 1 aromatic rings. The summed E-state index contributed by atoms with van der Waals surface area (Å²) >= 11 is 12.3. The number of aromatic nitrogens is 1. The third kappa shape index (κ3) is 4.90. The highest BCUT2D eigenvalue weighted by Crippen LogP contribution is 2.31. The Morgan fingerprint density at radius 2 is 1.67 bits per heavy atom. The highest BCUT2D eigenvalue weighted by Gasteiger charge is 2.25. The fourth-order valence-electron chi connectivity index (χ4n) is 2.01. The standard InChI is InChI=1S/C15H25Cl2N3O/c1-4-7-18-13-11(16)8-12(17)14(20-13)19-9-15(5-2,6-3)10-21/h8,21H,4-7,9-10H2,1-3H3,(H2,18,19,20). The molecule has 0 aliphatic rings. The van der Waals surface area contributed by atoms with E-state index in [4.69, 9.17) is 23.2 Å². The van der Waals surface area contributed by atoms with Crippen LogP contribution in [0.15, 0.2) is 6.07 Å². The van der Waals surface area contributed by atoms with Gasteiger partial charge in [-0.05, 0) is 25.3 Å². The summed E-state index contributed by atoms with van der Waals surface area (Å²) < 4.78 is 0. The molecule has 1 rings (SSSR count). The number of aliphatic hydroxyl groups is 1. The second-order valence-corrected chi connectivity index (χ2v) is 6.11. The quantitative estimate of drug-likeness (QED) is 0.626. The summed E-state index contributed by atoms with van der Waals surface area (Å²) in [6.07, 6.45) is 2.76. The molecule has 6 heteroatoms. The van der Waals surface area contributed by atoms with E-state index in [1.807, 2.05) is 0 Å². The Morgan fingerprint density at radius 3 is 2.14 bits per heavy atom. The summed E-state index contributed by atoms with van der Waals surface area (Å²) in [5, 5.41) is 17.0. The van der Waals surface area contributed by atoms with Gasteiger partial charge in [0.2, 0.25) is 0 Å². The molecular formula is C15H25Cl2N3O. The first-order chi connectivity index (χ1) is 10.0. The van der Waals surface area contributed by atoms with Crippen LogP contribution in [0.25, 0.3) is 0 Å². The summed E-state index contributed by atoms with van der Waals surface area (Å²) in [7, 11) is 0. The van der Waals surface area contributed by atoms with Crippen LogP contribution >= 0.6 is 23.2 Å². The number of aliphatic hydroxyl groups excluding tert-OH is 1. The number of anilines is 2. The molecular weight excluding hydrogens is 309 g/mol. The van der Waals surface area contributed by atoms with E-state index in [-0.39, 0.29) is 12.0 Å². The number of hydrogen-bond donors (Lipinski definition) is 3. The maximum atomic E-state index is 9.61. The van der Waals surface area contributed by atoms with Crippen molar-refractivity contribution >= 4 is 34.8 Å². The van der Waals surface area contributed by atoms with E-state index in [0.29, 0.717) is 28.2 Å². The van der Waals surface area contributed by atoms with Crippen LogP contribution in [0.4, 0.5) is 11.6 Å². The van der Waals surface area contributed by atoms with Gasteiger partial charge in [-0.1, -0.05) is 44.0 Å². The summed E-state index contributed by atoms with van der Waals surface area (Å²) in [5.41, 5.74) is -0.151. The first kappa shape index (κ1) is 18.3. The molecule has 0 bridgehead atoms. The Morgan fingerprint density at radius 1 is 1.10 bits per heavy atom. The Bertz CT molecular complexity index is 443. The lowest BCUT2D eigenvalue weighted by molar-refractivity contribution is 0.127. The van der Waals surface area contributed by atoms with Crippen LogP contribution in [0.5, 0.6) is 0 Å². The predicted octanol–water partition coefficient (Wildman–Crippen LogP) is 4.42. The van der Waals surface area contributed by atoms with Crippen molar-refractivity contribution < 1.29 is 5.11 Å². The lowest BCUT2D eigenvalue weighted by Gasteiger charge is -2.30. The molecule has 120 valence electrons. The largest absolute Gasteiger partial charge is 0.396 e. The first-order valence-electron chi connectivity index (χ1n) is 7.46. The van der Waals surface area contributed by atoms with Crippen LogP contribution in [0.2, 0.25) is 10.0 Å². The van der Waals surface area contributed by atoms with E-state index in [2.05, 4.69) is 36.4 Å². The molecule has 21 heavy (non-hydrogen) atoms. The topological polar surface area (TPSA) is 57.2 Å². The molecule has 3 N–H and O–H groups in total. The Labute approximate surface area is 137 Å². The van der Waals surface area contributed by atoms with E-state index in [1.54, 1.807) is 6.07 Å². The predicted molar refractivity (Wildman–Crippen MR) is 91.6 cm³/mol. The van der Waals surface area contributed by atoms with Crippen LogP contribution in [0, 0.1) is 5.41 Å². The van der Waals surface area contributed by atoms with Gasteiger partial charge in [0.1, 0.15) is 11.6 Å². The van der Waals surface area contributed by atoms with Gasteiger partial charge >= 0.3 is 0 Å². The van der Waals surface area contributed by atoms with Gasteiger partial charge in [-0.2, -0.15) is 0 Å². The third-order valence-corrected chi connectivity index (χ3v) is 4.51. The number of nitrogens with one attached hydrogen (secondary N) is 2. The van der Waals surface area contributed by atoms with Gasteiger partial charge in [0, 0.05) is 18.5 Å². The normalized spacial score (nSPS) is 11.5. The van der Waals surface area contributed by atoms with Gasteiger partial charge in [0.25, 0.3) is 0 Å². The first-order valence-corrected chi connectivity index (χ1v) is 8.22. The van der Waals surface area contributed by atoms with Crippen LogP contribution in [-0.2, 0) is 0 Å². The fourth-order valence-corrected chi connectivity index (χ4v) is 2.50. The summed E-state index contributed by atoms with van der Waals surface area (Å²) in [4.78, 5) is 4.45. The van der Waals surface area contributed by atoms with Crippen molar-refractivity contribution in [3.05, 3.63) is 16.1 Å². The molecule has 0 aliphatic heterocycles. The van der Waals surface area contributed by atoms with Crippen LogP contribution in [-0.4, -0.2) is 29.8 Å². The zero-order valence-corrected chi connectivity index (χ0v) is 14.5. The van der Waals surface area contributed by atoms with Gasteiger partial charge in [0.15, 0.2) is 0 Å². The van der Waals surface area contributed by atoms with Gasteiger partial charge in [0.05, 0.1) is 16.7 Å². The van der Waals surface area contributed by atoms with Crippen LogP contribution in [0.1, 0.15) is 40.0 Å². The highest BCUT2D eigenvalue weighted by atomic mass is 35.5. The Balaban J connectivity index is 2.87. The molecule has 0 fully saturated rings. The molecule has 0 aliphatic carbocycles. The minimum absolute atomic E-state index is 0.138. The molecule has 4 nitrogen and oxygen atoms in total. The van der Waals surface area contributed by atoms with Crippen molar-refractivity contribution in [2.24, 2.45) is 5.41 Å². The maximum absolute atomic E-state index is 9.61. The number of halogens is 2. The molecule has 0 aromatic carbocycles. The SMILES string of the molecule is CCCNc1nc(NCC(CC)(CC)CO)c(Cl)cc1Cl. The van der Waals surface area contributed by atoms with Crippen molar-refractivity contribution in [2.75, 3.05) is 30.3 Å². The van der Waals surface area contributed by atoms with E-state index >= 15 is 0 Å². The Kier molecular flexibility index (Phi) is 7.57. The monoisotopic (exact) mass is 333 g/mol. The molecule has 0 radical (unpaired) electrons. The van der Waals surface area contributed by atoms with Gasteiger partial charge in [-0.25, -0.2) is 4.98 Å². The average Bonchev–Trinajstić information content (AvgIpc) is 2.49. The number of rotatable bonds is 9. The van der Waals surface area contributed by atoms with Gasteiger partial charge in [-0.15, -0.1) is 0 Å². The Hall–Kier alpha value is -0.710. The number of hydrogen-bond acceptors (Lipinski definition) is 4. The summed E-state index contributed by atoms with van der Waals surface area (Å²) in [6.45, 7) is 7.79. The van der Waals surface area contributed by atoms with Crippen molar-refractivity contribution in [1.29, 1.82) is 0 Å². The van der Waals surface area contributed by atoms with Crippen molar-refractivity contribution in [1.82, 2.24) is 4.98 Å². The van der Waals surface area contributed by atoms with Crippen molar-refractivity contribution in [2.45, 2.75) is 40.0 Å². The highest BCUT2D eigenvalue weighted by molar-refractivity contribution is 6.37.